The van der Waals surface area contributed by atoms with Crippen molar-refractivity contribution in [1.29, 1.82) is 0 Å². The molecule has 240 valence electrons. The first-order valence-electron chi connectivity index (χ1n) is 16.8. The first kappa shape index (κ1) is 30.8. The van der Waals surface area contributed by atoms with Gasteiger partial charge in [-0.2, -0.15) is 0 Å². The summed E-state index contributed by atoms with van der Waals surface area (Å²) in [4.78, 5) is 20.1. The zero-order chi connectivity index (χ0) is 34.0. The van der Waals surface area contributed by atoms with Crippen LogP contribution < -0.4 is 5.73 Å². The molecular weight excluding hydrogens is 611 g/mol. The molecule has 2 N–H and O–H groups in total. The van der Waals surface area contributed by atoms with Crippen LogP contribution in [-0.4, -0.2) is 20.7 Å². The number of nitrogens with zero attached hydrogens (tertiary/aromatic N) is 4. The molecule has 5 aromatic carbocycles. The van der Waals surface area contributed by atoms with E-state index in [2.05, 4.69) is 115 Å². The second-order valence-corrected chi connectivity index (χ2v) is 12.6. The molecule has 0 saturated carbocycles. The van der Waals surface area contributed by atoms with E-state index < -0.39 is 0 Å². The predicted octanol–water partition coefficient (Wildman–Crippen LogP) is 10.5. The van der Waals surface area contributed by atoms with Gasteiger partial charge in [0.25, 0.3) is 0 Å². The number of aryl methyl sites for hydroxylation is 1. The van der Waals surface area contributed by atoms with E-state index in [4.69, 9.17) is 20.7 Å². The highest BCUT2D eigenvalue weighted by molar-refractivity contribution is 6.12. The average Bonchev–Trinajstić information content (AvgIpc) is 3.17. The third-order valence-corrected chi connectivity index (χ3v) is 9.14. The molecule has 50 heavy (non-hydrogen) atoms. The minimum atomic E-state index is -0.250. The normalized spacial score (nSPS) is 12.8. The van der Waals surface area contributed by atoms with E-state index in [0.29, 0.717) is 5.70 Å². The SMILES string of the molecule is Cc1cc(-c2ccccc2)c2ccc3ccc(C(C)N=C(/C=C(\N)c4cccc(-c5cccc6cccnc56)c4)c4ccccc4)nc3c2n1. The number of aromatic nitrogens is 3. The van der Waals surface area contributed by atoms with E-state index in [0.717, 1.165) is 83.2 Å². The van der Waals surface area contributed by atoms with Crippen LogP contribution in [0.25, 0.3) is 60.7 Å². The van der Waals surface area contributed by atoms with Crippen LogP contribution in [0.5, 0.6) is 0 Å². The lowest BCUT2D eigenvalue weighted by Gasteiger charge is -2.14. The van der Waals surface area contributed by atoms with Gasteiger partial charge in [0.05, 0.1) is 34.0 Å². The molecule has 1 atom stereocenters. The molecule has 0 saturated heterocycles. The van der Waals surface area contributed by atoms with Gasteiger partial charge in [-0.05, 0) is 72.0 Å². The number of pyridine rings is 3. The van der Waals surface area contributed by atoms with Crippen LogP contribution in [0.15, 0.2) is 163 Å². The molecule has 3 aromatic heterocycles. The smallest absolute Gasteiger partial charge is 0.0974 e. The third kappa shape index (κ3) is 6.01. The van der Waals surface area contributed by atoms with Gasteiger partial charge in [0.1, 0.15) is 0 Å². The van der Waals surface area contributed by atoms with Crippen molar-refractivity contribution >= 4 is 44.1 Å². The second-order valence-electron chi connectivity index (χ2n) is 12.6. The lowest BCUT2D eigenvalue weighted by atomic mass is 9.98. The van der Waals surface area contributed by atoms with Crippen LogP contribution >= 0.6 is 0 Å². The zero-order valence-electron chi connectivity index (χ0n) is 28.0. The minimum Gasteiger partial charge on any atom is -0.398 e. The molecule has 8 rings (SSSR count). The van der Waals surface area contributed by atoms with Crippen LogP contribution in [0.1, 0.15) is 35.5 Å². The second kappa shape index (κ2) is 13.2. The third-order valence-electron chi connectivity index (χ3n) is 9.14. The molecule has 0 radical (unpaired) electrons. The number of hydrogen-bond acceptors (Lipinski definition) is 5. The van der Waals surface area contributed by atoms with Crippen molar-refractivity contribution in [2.75, 3.05) is 0 Å². The maximum atomic E-state index is 6.86. The Balaban J connectivity index is 1.20. The molecule has 3 heterocycles. The largest absolute Gasteiger partial charge is 0.398 e. The van der Waals surface area contributed by atoms with Crippen LogP contribution in [0.4, 0.5) is 0 Å². The maximum Gasteiger partial charge on any atom is 0.0974 e. The van der Waals surface area contributed by atoms with Crippen molar-refractivity contribution in [1.82, 2.24) is 15.0 Å². The summed E-state index contributed by atoms with van der Waals surface area (Å²) in [6, 6.07) is 49.6. The maximum absolute atomic E-state index is 6.86. The van der Waals surface area contributed by atoms with E-state index in [1.165, 1.54) is 0 Å². The molecule has 0 bridgehead atoms. The fourth-order valence-electron chi connectivity index (χ4n) is 6.62. The minimum absolute atomic E-state index is 0.250. The number of aliphatic imine (C=N–C) groups is 1. The van der Waals surface area contributed by atoms with Crippen molar-refractivity contribution in [2.45, 2.75) is 19.9 Å². The van der Waals surface area contributed by atoms with E-state index in [1.807, 2.05) is 61.7 Å². The highest BCUT2D eigenvalue weighted by Crippen LogP contribution is 2.33. The predicted molar refractivity (Wildman–Crippen MR) is 208 cm³/mol. The van der Waals surface area contributed by atoms with E-state index in [-0.39, 0.29) is 6.04 Å². The molecule has 1 unspecified atom stereocenters. The van der Waals surface area contributed by atoms with Crippen LogP contribution in [0, 0.1) is 6.92 Å². The molecule has 0 amide bonds. The van der Waals surface area contributed by atoms with Gasteiger partial charge in [-0.15, -0.1) is 0 Å². The number of para-hydroxylation sites is 1. The Hall–Kier alpha value is -6.46. The lowest BCUT2D eigenvalue weighted by molar-refractivity contribution is 0.790. The zero-order valence-corrected chi connectivity index (χ0v) is 28.0. The number of allylic oxidation sites excluding steroid dienone is 1. The van der Waals surface area contributed by atoms with Crippen molar-refractivity contribution in [3.05, 3.63) is 180 Å². The van der Waals surface area contributed by atoms with E-state index in [1.54, 1.807) is 0 Å². The Labute approximate surface area is 291 Å². The number of rotatable bonds is 7. The van der Waals surface area contributed by atoms with Gasteiger partial charge >= 0.3 is 0 Å². The van der Waals surface area contributed by atoms with Gasteiger partial charge in [-0.25, -0.2) is 4.98 Å². The molecule has 8 aromatic rings. The summed E-state index contributed by atoms with van der Waals surface area (Å²) in [5.74, 6) is 0. The monoisotopic (exact) mass is 645 g/mol. The van der Waals surface area contributed by atoms with Crippen LogP contribution in [0.2, 0.25) is 0 Å². The summed E-state index contributed by atoms with van der Waals surface area (Å²) < 4.78 is 0. The molecule has 0 spiro atoms. The van der Waals surface area contributed by atoms with Crippen molar-refractivity contribution in [2.24, 2.45) is 10.7 Å². The van der Waals surface area contributed by atoms with Gasteiger partial charge < -0.3 is 5.73 Å². The van der Waals surface area contributed by atoms with E-state index in [9.17, 15) is 0 Å². The molecule has 5 nitrogen and oxygen atoms in total. The fourth-order valence-corrected chi connectivity index (χ4v) is 6.62. The number of benzene rings is 5. The van der Waals surface area contributed by atoms with Gasteiger partial charge in [0.2, 0.25) is 0 Å². The Kier molecular flexibility index (Phi) is 8.15. The van der Waals surface area contributed by atoms with Gasteiger partial charge in [0, 0.05) is 39.3 Å². The highest BCUT2D eigenvalue weighted by atomic mass is 14.9. The van der Waals surface area contributed by atoms with E-state index >= 15 is 0 Å². The summed E-state index contributed by atoms with van der Waals surface area (Å²) in [5, 5.41) is 3.23. The van der Waals surface area contributed by atoms with Crippen molar-refractivity contribution in [3.8, 4) is 22.3 Å². The summed E-state index contributed by atoms with van der Waals surface area (Å²) in [7, 11) is 0. The standard InChI is InChI=1S/C45H35N5/c1-29-26-39(31-12-5-3-6-13-31)38-23-21-34-22-24-41(50-44(34)45(38)48-29)30(2)49-42(32-14-7-4-8-15-32)28-40(46)36-18-9-17-35(27-36)37-20-10-16-33-19-11-25-47-43(33)37/h3-28,30H,46H2,1-2H3/b40-28-,49-42?. The Bertz CT molecular complexity index is 2570. The fraction of sp³-hybridized carbons (Fsp3) is 0.0667. The number of hydrogen-bond donors (Lipinski definition) is 1. The lowest BCUT2D eigenvalue weighted by Crippen LogP contribution is -2.06. The van der Waals surface area contributed by atoms with Crippen molar-refractivity contribution in [3.63, 3.8) is 0 Å². The molecular formula is C45H35N5. The Morgan fingerprint density at radius 3 is 2.16 bits per heavy atom. The average molecular weight is 646 g/mol. The molecule has 0 aliphatic rings. The highest BCUT2D eigenvalue weighted by Gasteiger charge is 2.15. The van der Waals surface area contributed by atoms with Crippen molar-refractivity contribution < 1.29 is 0 Å². The number of fused-ring (bicyclic) bond motifs is 4. The molecule has 0 fully saturated rings. The van der Waals surface area contributed by atoms with Gasteiger partial charge in [-0.1, -0.05) is 121 Å². The van der Waals surface area contributed by atoms with Crippen LogP contribution in [0.3, 0.4) is 0 Å². The summed E-state index contributed by atoms with van der Waals surface area (Å²) >= 11 is 0. The van der Waals surface area contributed by atoms with Gasteiger partial charge in [-0.3, -0.25) is 15.0 Å². The topological polar surface area (TPSA) is 77.0 Å². The summed E-state index contributed by atoms with van der Waals surface area (Å²) in [5.41, 5.74) is 19.2. The first-order chi connectivity index (χ1) is 24.5. The first-order valence-corrected chi connectivity index (χ1v) is 16.8. The summed E-state index contributed by atoms with van der Waals surface area (Å²) in [6.45, 7) is 4.12. The Morgan fingerprint density at radius 1 is 0.620 bits per heavy atom. The Morgan fingerprint density at radius 2 is 1.32 bits per heavy atom. The molecule has 5 heteroatoms. The van der Waals surface area contributed by atoms with Gasteiger partial charge in [0.15, 0.2) is 0 Å². The molecule has 0 aliphatic heterocycles. The van der Waals surface area contributed by atoms with Crippen LogP contribution in [-0.2, 0) is 0 Å². The number of nitrogens with two attached hydrogens (primary N) is 1. The summed E-state index contributed by atoms with van der Waals surface area (Å²) in [6.07, 6.45) is 3.81. The quantitative estimate of drug-likeness (QED) is 0.138. The molecule has 0 aliphatic carbocycles.